The summed E-state index contributed by atoms with van der Waals surface area (Å²) in [5.41, 5.74) is 0. The Morgan fingerprint density at radius 2 is 2.14 bits per heavy atom. The van der Waals surface area contributed by atoms with Crippen molar-refractivity contribution in [3.63, 3.8) is 0 Å². The molecule has 2 N–H and O–H groups in total. The summed E-state index contributed by atoms with van der Waals surface area (Å²) in [4.78, 5) is 4.20. The van der Waals surface area contributed by atoms with E-state index in [0.29, 0.717) is 5.95 Å². The summed E-state index contributed by atoms with van der Waals surface area (Å²) >= 11 is 1.77. The van der Waals surface area contributed by atoms with Crippen molar-refractivity contribution in [3.05, 3.63) is 5.82 Å². The predicted molar refractivity (Wildman–Crippen MR) is 59.2 cm³/mol. The van der Waals surface area contributed by atoms with Gasteiger partial charge in [-0.2, -0.15) is 4.98 Å². The predicted octanol–water partition coefficient (Wildman–Crippen LogP) is 2.51. The zero-order valence-corrected chi connectivity index (χ0v) is 9.23. The molecule has 1 aliphatic carbocycles. The third-order valence-corrected chi connectivity index (χ3v) is 3.57. The molecule has 2 rings (SSSR count). The molecule has 0 aliphatic heterocycles. The molecule has 1 aliphatic rings. The van der Waals surface area contributed by atoms with Crippen LogP contribution in [-0.4, -0.2) is 20.4 Å². The minimum Gasteiger partial charge on any atom is -0.297 e. The van der Waals surface area contributed by atoms with Crippen molar-refractivity contribution in [1.82, 2.24) is 15.2 Å². The van der Waals surface area contributed by atoms with Gasteiger partial charge in [0.1, 0.15) is 5.82 Å². The SMILES string of the molecule is Cc1nc(NSC2CCCCC2)n[nH]1. The van der Waals surface area contributed by atoms with Crippen LogP contribution in [0.15, 0.2) is 0 Å². The van der Waals surface area contributed by atoms with Gasteiger partial charge in [0, 0.05) is 5.25 Å². The number of aromatic amines is 1. The van der Waals surface area contributed by atoms with Crippen LogP contribution in [0.25, 0.3) is 0 Å². The summed E-state index contributed by atoms with van der Waals surface area (Å²) in [6.07, 6.45) is 6.78. The molecule has 0 saturated heterocycles. The zero-order chi connectivity index (χ0) is 9.80. The summed E-state index contributed by atoms with van der Waals surface area (Å²) in [5.74, 6) is 1.56. The molecule has 0 unspecified atom stereocenters. The van der Waals surface area contributed by atoms with Gasteiger partial charge < -0.3 is 0 Å². The van der Waals surface area contributed by atoms with E-state index in [4.69, 9.17) is 0 Å². The monoisotopic (exact) mass is 212 g/mol. The van der Waals surface area contributed by atoms with Crippen LogP contribution in [0, 0.1) is 6.92 Å². The number of hydrogen-bond donors (Lipinski definition) is 2. The summed E-state index contributed by atoms with van der Waals surface area (Å²) in [6.45, 7) is 1.91. The topological polar surface area (TPSA) is 53.6 Å². The first-order chi connectivity index (χ1) is 6.84. The Bertz CT molecular complexity index is 280. The molecule has 1 saturated carbocycles. The second-order valence-electron chi connectivity index (χ2n) is 3.72. The van der Waals surface area contributed by atoms with Crippen LogP contribution in [0.3, 0.4) is 0 Å². The van der Waals surface area contributed by atoms with E-state index in [9.17, 15) is 0 Å². The average Bonchev–Trinajstić information content (AvgIpc) is 2.63. The zero-order valence-electron chi connectivity index (χ0n) is 8.42. The third-order valence-electron chi connectivity index (χ3n) is 2.47. The Labute approximate surface area is 88.4 Å². The van der Waals surface area contributed by atoms with E-state index >= 15 is 0 Å². The number of hydrogen-bond acceptors (Lipinski definition) is 4. The fraction of sp³-hybridized carbons (Fsp3) is 0.778. The van der Waals surface area contributed by atoms with Gasteiger partial charge in [-0.05, 0) is 31.7 Å². The molecule has 0 bridgehead atoms. The van der Waals surface area contributed by atoms with Crippen molar-refractivity contribution in [2.24, 2.45) is 0 Å². The van der Waals surface area contributed by atoms with Crippen molar-refractivity contribution in [3.8, 4) is 0 Å². The van der Waals surface area contributed by atoms with E-state index in [-0.39, 0.29) is 0 Å². The normalized spacial score (nSPS) is 18.4. The molecule has 1 aromatic rings. The highest BCUT2D eigenvalue weighted by molar-refractivity contribution is 8.01. The van der Waals surface area contributed by atoms with Crippen LogP contribution in [0.1, 0.15) is 37.9 Å². The third kappa shape index (κ3) is 2.64. The van der Waals surface area contributed by atoms with Crippen LogP contribution < -0.4 is 4.72 Å². The second kappa shape index (κ2) is 4.68. The van der Waals surface area contributed by atoms with Gasteiger partial charge in [-0.25, -0.2) is 0 Å². The number of nitrogens with zero attached hydrogens (tertiary/aromatic N) is 2. The maximum atomic E-state index is 4.20. The average molecular weight is 212 g/mol. The minimum atomic E-state index is 0.707. The van der Waals surface area contributed by atoms with Gasteiger partial charge in [0.2, 0.25) is 0 Å². The summed E-state index contributed by atoms with van der Waals surface area (Å²) in [6, 6.07) is 0. The molecular weight excluding hydrogens is 196 g/mol. The first-order valence-electron chi connectivity index (χ1n) is 5.15. The van der Waals surface area contributed by atoms with Gasteiger partial charge in [-0.1, -0.05) is 19.3 Å². The summed E-state index contributed by atoms with van der Waals surface area (Å²) < 4.78 is 3.20. The molecule has 0 atom stereocenters. The highest BCUT2D eigenvalue weighted by Gasteiger charge is 2.14. The fourth-order valence-corrected chi connectivity index (χ4v) is 2.64. The molecule has 0 spiro atoms. The highest BCUT2D eigenvalue weighted by atomic mass is 32.2. The number of aryl methyl sites for hydroxylation is 1. The molecule has 1 fully saturated rings. The maximum Gasteiger partial charge on any atom is 0.252 e. The Balaban J connectivity index is 1.76. The minimum absolute atomic E-state index is 0.707. The van der Waals surface area contributed by atoms with Crippen molar-refractivity contribution < 1.29 is 0 Å². The highest BCUT2D eigenvalue weighted by Crippen LogP contribution is 2.28. The lowest BCUT2D eigenvalue weighted by atomic mass is 10.0. The fourth-order valence-electron chi connectivity index (χ4n) is 1.71. The maximum absolute atomic E-state index is 4.20. The molecule has 78 valence electrons. The van der Waals surface area contributed by atoms with Crippen LogP contribution in [0.4, 0.5) is 5.95 Å². The Kier molecular flexibility index (Phi) is 3.29. The van der Waals surface area contributed by atoms with E-state index in [1.165, 1.54) is 32.1 Å². The molecule has 0 aromatic carbocycles. The molecule has 14 heavy (non-hydrogen) atoms. The van der Waals surface area contributed by atoms with Crippen molar-refractivity contribution in [2.45, 2.75) is 44.3 Å². The Hall–Kier alpha value is -0.710. The van der Waals surface area contributed by atoms with Crippen LogP contribution in [0.5, 0.6) is 0 Å². The van der Waals surface area contributed by atoms with Crippen LogP contribution >= 0.6 is 11.9 Å². The van der Waals surface area contributed by atoms with Gasteiger partial charge >= 0.3 is 0 Å². The Morgan fingerprint density at radius 1 is 1.36 bits per heavy atom. The van der Waals surface area contributed by atoms with E-state index < -0.39 is 0 Å². The standard InChI is InChI=1S/C9H16N4S/c1-7-10-9(12-11-7)13-14-8-5-3-2-4-6-8/h8H,2-6H2,1H3,(H2,10,11,12,13). The lowest BCUT2D eigenvalue weighted by Crippen LogP contribution is -2.10. The quantitative estimate of drug-likeness (QED) is 0.756. The first-order valence-corrected chi connectivity index (χ1v) is 6.03. The van der Waals surface area contributed by atoms with Crippen molar-refractivity contribution in [1.29, 1.82) is 0 Å². The summed E-state index contributed by atoms with van der Waals surface area (Å²) in [7, 11) is 0. The van der Waals surface area contributed by atoms with E-state index in [0.717, 1.165) is 11.1 Å². The van der Waals surface area contributed by atoms with E-state index in [2.05, 4.69) is 19.9 Å². The van der Waals surface area contributed by atoms with Gasteiger partial charge in [-0.15, -0.1) is 5.10 Å². The number of rotatable bonds is 3. The molecule has 0 amide bonds. The molecular formula is C9H16N4S. The van der Waals surface area contributed by atoms with Crippen molar-refractivity contribution >= 4 is 17.9 Å². The van der Waals surface area contributed by atoms with Gasteiger partial charge in [0.25, 0.3) is 5.95 Å². The van der Waals surface area contributed by atoms with Crippen LogP contribution in [0.2, 0.25) is 0 Å². The summed E-state index contributed by atoms with van der Waals surface area (Å²) in [5, 5.41) is 7.59. The molecule has 1 heterocycles. The van der Waals surface area contributed by atoms with Gasteiger partial charge in [-0.3, -0.25) is 9.82 Å². The molecule has 1 aromatic heterocycles. The van der Waals surface area contributed by atoms with Gasteiger partial charge in [0.15, 0.2) is 0 Å². The van der Waals surface area contributed by atoms with E-state index in [1.807, 2.05) is 6.92 Å². The molecule has 0 radical (unpaired) electrons. The second-order valence-corrected chi connectivity index (χ2v) is 4.83. The van der Waals surface area contributed by atoms with Crippen molar-refractivity contribution in [2.75, 3.05) is 4.72 Å². The number of aromatic nitrogens is 3. The molecule has 5 heteroatoms. The van der Waals surface area contributed by atoms with Crippen LogP contribution in [-0.2, 0) is 0 Å². The molecule has 4 nitrogen and oxygen atoms in total. The lowest BCUT2D eigenvalue weighted by molar-refractivity contribution is 0.516. The number of anilines is 1. The lowest BCUT2D eigenvalue weighted by Gasteiger charge is -2.20. The Morgan fingerprint density at radius 3 is 2.79 bits per heavy atom. The number of nitrogens with one attached hydrogen (secondary N) is 2. The smallest absolute Gasteiger partial charge is 0.252 e. The van der Waals surface area contributed by atoms with Gasteiger partial charge in [0.05, 0.1) is 0 Å². The number of H-pyrrole nitrogens is 1. The first kappa shape index (κ1) is 9.83. The largest absolute Gasteiger partial charge is 0.297 e. The van der Waals surface area contributed by atoms with E-state index in [1.54, 1.807) is 11.9 Å².